The zero-order chi connectivity index (χ0) is 26.5. The summed E-state index contributed by atoms with van der Waals surface area (Å²) in [5, 5.41) is 6.59. The van der Waals surface area contributed by atoms with E-state index in [0.29, 0.717) is 47.3 Å². The molecule has 2 aromatic carbocycles. The maximum atomic E-state index is 13.2. The second kappa shape index (κ2) is 11.0. The molecule has 1 saturated heterocycles. The van der Waals surface area contributed by atoms with Gasteiger partial charge in [-0.1, -0.05) is 12.1 Å². The van der Waals surface area contributed by atoms with Crippen molar-refractivity contribution < 1.29 is 23.8 Å². The van der Waals surface area contributed by atoms with E-state index in [1.807, 2.05) is 6.07 Å². The van der Waals surface area contributed by atoms with Crippen LogP contribution >= 0.6 is 0 Å². The van der Waals surface area contributed by atoms with Crippen LogP contribution in [-0.2, 0) is 9.47 Å². The number of benzene rings is 2. The molecular formula is C26H25N7O5. The first-order valence-electron chi connectivity index (χ1n) is 11.8. The molecule has 0 atom stereocenters. The molecule has 194 valence electrons. The van der Waals surface area contributed by atoms with Crippen LogP contribution in [0.4, 0.5) is 23.3 Å². The summed E-state index contributed by atoms with van der Waals surface area (Å²) in [6.45, 7) is 2.77. The number of aromatic nitrogens is 4. The first-order valence-corrected chi connectivity index (χ1v) is 11.8. The van der Waals surface area contributed by atoms with E-state index in [2.05, 4.69) is 35.5 Å². The zero-order valence-electron chi connectivity index (χ0n) is 20.8. The fourth-order valence-corrected chi connectivity index (χ4v) is 4.09. The first kappa shape index (κ1) is 24.8. The van der Waals surface area contributed by atoms with Gasteiger partial charge in [-0.25, -0.2) is 19.7 Å². The van der Waals surface area contributed by atoms with E-state index < -0.39 is 11.9 Å². The van der Waals surface area contributed by atoms with Crippen LogP contribution in [0.25, 0.3) is 10.9 Å². The van der Waals surface area contributed by atoms with Gasteiger partial charge in [0.1, 0.15) is 23.7 Å². The minimum atomic E-state index is -0.611. The highest BCUT2D eigenvalue weighted by atomic mass is 16.5. The predicted octanol–water partition coefficient (Wildman–Crippen LogP) is 3.05. The Hall–Kier alpha value is -4.84. The number of rotatable bonds is 7. The van der Waals surface area contributed by atoms with E-state index >= 15 is 0 Å². The molecule has 2 aromatic heterocycles. The quantitative estimate of drug-likeness (QED) is 0.351. The molecule has 12 nitrogen and oxygen atoms in total. The number of nitrogens with zero attached hydrogens (tertiary/aromatic N) is 5. The summed E-state index contributed by atoms with van der Waals surface area (Å²) in [6, 6.07) is 11.6. The molecule has 38 heavy (non-hydrogen) atoms. The lowest BCUT2D eigenvalue weighted by atomic mass is 10.1. The van der Waals surface area contributed by atoms with Gasteiger partial charge in [-0.05, 0) is 24.3 Å². The highest BCUT2D eigenvalue weighted by Crippen LogP contribution is 2.33. The Bertz CT molecular complexity index is 1490. The van der Waals surface area contributed by atoms with Crippen molar-refractivity contribution in [1.29, 1.82) is 0 Å². The van der Waals surface area contributed by atoms with E-state index in [1.165, 1.54) is 26.6 Å². The molecule has 5 rings (SSSR count). The maximum absolute atomic E-state index is 13.2. The third-order valence-electron chi connectivity index (χ3n) is 5.99. The van der Waals surface area contributed by atoms with E-state index in [4.69, 9.17) is 14.2 Å². The standard InChI is InChI=1S/C26H25N7O5/c1-36-21-14-19-18(13-20(21)30-24(34)16-5-3-4-6-17(16)25(35)37-2)23(29-15-28-19)32-26-27-8-7-22(31-26)33-9-11-38-12-10-33/h3-8,13-15H,9-12H2,1-2H3,(H,30,34)(H,27,28,29,31,32). The Morgan fingerprint density at radius 1 is 1.00 bits per heavy atom. The number of hydrogen-bond donors (Lipinski definition) is 2. The molecule has 0 aliphatic carbocycles. The average molecular weight is 516 g/mol. The molecule has 2 N–H and O–H groups in total. The largest absolute Gasteiger partial charge is 0.494 e. The molecule has 0 unspecified atom stereocenters. The molecular weight excluding hydrogens is 490 g/mol. The van der Waals surface area contributed by atoms with Crippen molar-refractivity contribution >= 4 is 46.1 Å². The van der Waals surface area contributed by atoms with Crippen LogP contribution in [0.1, 0.15) is 20.7 Å². The number of amides is 1. The van der Waals surface area contributed by atoms with E-state index in [9.17, 15) is 9.59 Å². The Balaban J connectivity index is 1.47. The molecule has 12 heteroatoms. The number of morpholine rings is 1. The van der Waals surface area contributed by atoms with E-state index in [0.717, 1.165) is 18.9 Å². The highest BCUT2D eigenvalue weighted by Gasteiger charge is 2.20. The van der Waals surface area contributed by atoms with Crippen LogP contribution in [0.5, 0.6) is 5.75 Å². The molecule has 0 spiro atoms. The van der Waals surface area contributed by atoms with Crippen LogP contribution in [0, 0.1) is 0 Å². The fraction of sp³-hybridized carbons (Fsp3) is 0.231. The normalized spacial score (nSPS) is 13.2. The Morgan fingerprint density at radius 2 is 1.79 bits per heavy atom. The number of methoxy groups -OCH3 is 2. The van der Waals surface area contributed by atoms with Gasteiger partial charge in [0.2, 0.25) is 5.95 Å². The SMILES string of the molecule is COC(=O)c1ccccc1C(=O)Nc1cc2c(Nc3nccc(N4CCOCC4)n3)ncnc2cc1OC. The van der Waals surface area contributed by atoms with Gasteiger partial charge in [-0.15, -0.1) is 0 Å². The number of fused-ring (bicyclic) bond motifs is 1. The molecule has 1 amide bonds. The summed E-state index contributed by atoms with van der Waals surface area (Å²) in [7, 11) is 2.75. The third-order valence-corrected chi connectivity index (χ3v) is 5.99. The van der Waals surface area contributed by atoms with Crippen LogP contribution in [0.3, 0.4) is 0 Å². The van der Waals surface area contributed by atoms with Crippen molar-refractivity contribution in [3.05, 3.63) is 66.1 Å². The summed E-state index contributed by atoms with van der Waals surface area (Å²) in [6.07, 6.45) is 3.09. The topological polar surface area (TPSA) is 141 Å². The van der Waals surface area contributed by atoms with Crippen molar-refractivity contribution in [2.75, 3.05) is 56.1 Å². The summed E-state index contributed by atoms with van der Waals surface area (Å²) < 4.78 is 15.7. The Morgan fingerprint density at radius 3 is 2.55 bits per heavy atom. The lowest BCUT2D eigenvalue weighted by molar-refractivity contribution is 0.0597. The van der Waals surface area contributed by atoms with Crippen molar-refractivity contribution in [2.45, 2.75) is 0 Å². The fourth-order valence-electron chi connectivity index (χ4n) is 4.09. The summed E-state index contributed by atoms with van der Waals surface area (Å²) in [4.78, 5) is 45.1. The molecule has 0 saturated carbocycles. The lowest BCUT2D eigenvalue weighted by Crippen LogP contribution is -2.36. The Kier molecular flexibility index (Phi) is 7.22. The number of hydrogen-bond acceptors (Lipinski definition) is 11. The predicted molar refractivity (Wildman–Crippen MR) is 140 cm³/mol. The lowest BCUT2D eigenvalue weighted by Gasteiger charge is -2.27. The summed E-state index contributed by atoms with van der Waals surface area (Å²) in [5.74, 6) is 0.862. The van der Waals surface area contributed by atoms with Crippen molar-refractivity contribution in [3.63, 3.8) is 0 Å². The van der Waals surface area contributed by atoms with Gasteiger partial charge in [0.05, 0.1) is 49.8 Å². The molecule has 3 heterocycles. The van der Waals surface area contributed by atoms with Gasteiger partial charge in [-0.2, -0.15) is 4.98 Å². The first-order chi connectivity index (χ1) is 18.6. The number of anilines is 4. The summed E-state index contributed by atoms with van der Waals surface area (Å²) in [5.41, 5.74) is 1.26. The van der Waals surface area contributed by atoms with Gasteiger partial charge >= 0.3 is 5.97 Å². The number of ether oxygens (including phenoxy) is 3. The van der Waals surface area contributed by atoms with Crippen molar-refractivity contribution in [1.82, 2.24) is 19.9 Å². The number of carbonyl (C=O) groups excluding carboxylic acids is 2. The van der Waals surface area contributed by atoms with Crippen LogP contribution in [-0.4, -0.2) is 72.3 Å². The third kappa shape index (κ3) is 5.15. The van der Waals surface area contributed by atoms with Crippen LogP contribution in [0.15, 0.2) is 55.0 Å². The Labute approximate surface area is 218 Å². The maximum Gasteiger partial charge on any atom is 0.338 e. The smallest absolute Gasteiger partial charge is 0.338 e. The van der Waals surface area contributed by atoms with Gasteiger partial charge in [0, 0.05) is 30.7 Å². The molecule has 1 aliphatic rings. The molecule has 0 radical (unpaired) electrons. The number of nitrogens with one attached hydrogen (secondary N) is 2. The zero-order valence-corrected chi connectivity index (χ0v) is 20.8. The van der Waals surface area contributed by atoms with Gasteiger partial charge in [0.25, 0.3) is 5.91 Å². The number of carbonyl (C=O) groups is 2. The monoisotopic (exact) mass is 515 g/mol. The van der Waals surface area contributed by atoms with Gasteiger partial charge in [0.15, 0.2) is 0 Å². The number of esters is 1. The minimum absolute atomic E-state index is 0.148. The minimum Gasteiger partial charge on any atom is -0.494 e. The van der Waals surface area contributed by atoms with Crippen LogP contribution in [0.2, 0.25) is 0 Å². The van der Waals surface area contributed by atoms with E-state index in [1.54, 1.807) is 36.5 Å². The second-order valence-electron chi connectivity index (χ2n) is 8.25. The molecule has 4 aromatic rings. The molecule has 1 fully saturated rings. The van der Waals surface area contributed by atoms with E-state index in [-0.39, 0.29) is 11.1 Å². The van der Waals surface area contributed by atoms with Crippen molar-refractivity contribution in [3.8, 4) is 5.75 Å². The second-order valence-corrected chi connectivity index (χ2v) is 8.25. The van der Waals surface area contributed by atoms with Crippen molar-refractivity contribution in [2.24, 2.45) is 0 Å². The van der Waals surface area contributed by atoms with Gasteiger partial charge < -0.3 is 29.7 Å². The van der Waals surface area contributed by atoms with Gasteiger partial charge in [-0.3, -0.25) is 4.79 Å². The average Bonchev–Trinajstić information content (AvgIpc) is 2.97. The van der Waals surface area contributed by atoms with Crippen LogP contribution < -0.4 is 20.3 Å². The highest BCUT2D eigenvalue weighted by molar-refractivity contribution is 6.12. The summed E-state index contributed by atoms with van der Waals surface area (Å²) >= 11 is 0. The molecule has 1 aliphatic heterocycles. The molecule has 0 bridgehead atoms.